The summed E-state index contributed by atoms with van der Waals surface area (Å²) in [7, 11) is 0. The van der Waals surface area contributed by atoms with Crippen LogP contribution in [0, 0.1) is 12.3 Å². The predicted molar refractivity (Wildman–Crippen MR) is 51.6 cm³/mol. The number of halogens is 1. The zero-order valence-corrected chi connectivity index (χ0v) is 8.41. The van der Waals surface area contributed by atoms with Crippen LogP contribution in [0.4, 0.5) is 0 Å². The number of terminal acetylenes is 1. The molecule has 1 rings (SSSR count). The molecule has 1 saturated heterocycles. The van der Waals surface area contributed by atoms with Crippen LogP contribution < -0.4 is 0 Å². The van der Waals surface area contributed by atoms with Gasteiger partial charge < -0.3 is 9.47 Å². The highest BCUT2D eigenvalue weighted by Gasteiger charge is 2.23. The molecular weight excluding hydrogens is 255 g/mol. The molecule has 0 unspecified atom stereocenters. The SMILES string of the molecule is C#CCO[C@H]1CCCO[C@@H]1I. The summed E-state index contributed by atoms with van der Waals surface area (Å²) in [6, 6.07) is 0. The topological polar surface area (TPSA) is 18.5 Å². The molecule has 3 heteroatoms. The van der Waals surface area contributed by atoms with Crippen LogP contribution in [0.1, 0.15) is 12.8 Å². The van der Waals surface area contributed by atoms with Gasteiger partial charge in [0, 0.05) is 6.61 Å². The Kier molecular flexibility index (Phi) is 4.20. The number of ether oxygens (including phenoxy) is 2. The van der Waals surface area contributed by atoms with Crippen LogP contribution in [0.25, 0.3) is 0 Å². The molecule has 1 aliphatic heterocycles. The van der Waals surface area contributed by atoms with Crippen LogP contribution >= 0.6 is 22.6 Å². The molecule has 2 atom stereocenters. The first-order chi connectivity index (χ1) is 5.34. The molecule has 0 radical (unpaired) electrons. The highest BCUT2D eigenvalue weighted by atomic mass is 127. The number of alkyl halides is 1. The van der Waals surface area contributed by atoms with E-state index in [0.29, 0.717) is 6.61 Å². The second-order valence-electron chi connectivity index (χ2n) is 2.42. The van der Waals surface area contributed by atoms with Gasteiger partial charge in [-0.1, -0.05) is 5.92 Å². The van der Waals surface area contributed by atoms with Crippen LogP contribution in [0.2, 0.25) is 0 Å². The van der Waals surface area contributed by atoms with Gasteiger partial charge in [-0.15, -0.1) is 6.42 Å². The fourth-order valence-electron chi connectivity index (χ4n) is 1.03. The van der Waals surface area contributed by atoms with E-state index in [0.717, 1.165) is 19.4 Å². The molecule has 0 aromatic heterocycles. The van der Waals surface area contributed by atoms with Gasteiger partial charge in [-0.05, 0) is 35.4 Å². The van der Waals surface area contributed by atoms with E-state index in [4.69, 9.17) is 15.9 Å². The Balaban J connectivity index is 2.25. The third kappa shape index (κ3) is 2.97. The van der Waals surface area contributed by atoms with Crippen molar-refractivity contribution in [1.82, 2.24) is 0 Å². The minimum atomic E-state index is 0.176. The second kappa shape index (κ2) is 4.96. The Morgan fingerprint density at radius 3 is 3.18 bits per heavy atom. The van der Waals surface area contributed by atoms with E-state index >= 15 is 0 Å². The van der Waals surface area contributed by atoms with E-state index in [9.17, 15) is 0 Å². The Morgan fingerprint density at radius 2 is 2.55 bits per heavy atom. The van der Waals surface area contributed by atoms with Crippen molar-refractivity contribution in [3.05, 3.63) is 0 Å². The summed E-state index contributed by atoms with van der Waals surface area (Å²) < 4.78 is 10.9. The lowest BCUT2D eigenvalue weighted by atomic mass is 10.2. The van der Waals surface area contributed by atoms with Crippen molar-refractivity contribution < 1.29 is 9.47 Å². The fraction of sp³-hybridized carbons (Fsp3) is 0.750. The number of hydrogen-bond donors (Lipinski definition) is 0. The first kappa shape index (κ1) is 9.30. The van der Waals surface area contributed by atoms with Crippen LogP contribution in [0.3, 0.4) is 0 Å². The van der Waals surface area contributed by atoms with Crippen molar-refractivity contribution in [3.63, 3.8) is 0 Å². The Morgan fingerprint density at radius 1 is 1.73 bits per heavy atom. The highest BCUT2D eigenvalue weighted by Crippen LogP contribution is 2.21. The van der Waals surface area contributed by atoms with E-state index in [2.05, 4.69) is 28.5 Å². The fourth-order valence-corrected chi connectivity index (χ4v) is 1.85. The molecule has 1 heterocycles. The molecule has 0 N–H and O–H groups in total. The highest BCUT2D eigenvalue weighted by molar-refractivity contribution is 14.1. The molecule has 0 amide bonds. The Bertz CT molecular complexity index is 153. The molecule has 0 bridgehead atoms. The average Bonchev–Trinajstić information content (AvgIpc) is 2.03. The lowest BCUT2D eigenvalue weighted by molar-refractivity contribution is -0.0493. The lowest BCUT2D eigenvalue weighted by Crippen LogP contribution is -2.31. The van der Waals surface area contributed by atoms with Crippen molar-refractivity contribution >= 4 is 22.6 Å². The molecule has 0 aromatic rings. The zero-order chi connectivity index (χ0) is 8.10. The molecule has 0 saturated carbocycles. The molecule has 1 fully saturated rings. The first-order valence-corrected chi connectivity index (χ1v) is 4.90. The average molecular weight is 266 g/mol. The largest absolute Gasteiger partial charge is 0.365 e. The third-order valence-corrected chi connectivity index (χ3v) is 2.74. The Hall–Kier alpha value is 0.210. The molecule has 11 heavy (non-hydrogen) atoms. The maximum absolute atomic E-state index is 5.38. The van der Waals surface area contributed by atoms with Crippen molar-refractivity contribution in [1.29, 1.82) is 0 Å². The standard InChI is InChI=1S/C8H11IO2/c1-2-5-10-7-4-3-6-11-8(7)9/h1,7-8H,3-6H2/t7-,8-/m0/s1. The zero-order valence-electron chi connectivity index (χ0n) is 6.25. The summed E-state index contributed by atoms with van der Waals surface area (Å²) in [5.74, 6) is 2.45. The minimum Gasteiger partial charge on any atom is -0.365 e. The monoisotopic (exact) mass is 266 g/mol. The molecule has 1 aliphatic rings. The summed E-state index contributed by atoms with van der Waals surface area (Å²) in [6.07, 6.45) is 7.41. The van der Waals surface area contributed by atoms with Gasteiger partial charge in [-0.25, -0.2) is 0 Å². The summed E-state index contributed by atoms with van der Waals surface area (Å²) in [5, 5.41) is 0. The molecule has 2 nitrogen and oxygen atoms in total. The van der Waals surface area contributed by atoms with Crippen molar-refractivity contribution in [3.8, 4) is 12.3 Å². The van der Waals surface area contributed by atoms with Gasteiger partial charge >= 0.3 is 0 Å². The van der Waals surface area contributed by atoms with E-state index in [1.54, 1.807) is 0 Å². The predicted octanol–water partition coefficient (Wildman–Crippen LogP) is 1.58. The smallest absolute Gasteiger partial charge is 0.134 e. The van der Waals surface area contributed by atoms with Crippen molar-refractivity contribution in [2.45, 2.75) is 23.1 Å². The Labute approximate surface area is 80.8 Å². The molecule has 62 valence electrons. The maximum Gasteiger partial charge on any atom is 0.134 e. The number of rotatable bonds is 2. The summed E-state index contributed by atoms with van der Waals surface area (Å²) >= 11 is 2.24. The van der Waals surface area contributed by atoms with Crippen LogP contribution in [0.5, 0.6) is 0 Å². The maximum atomic E-state index is 5.38. The summed E-state index contributed by atoms with van der Waals surface area (Å²) in [4.78, 5) is 0. The quantitative estimate of drug-likeness (QED) is 0.429. The van der Waals surface area contributed by atoms with Crippen LogP contribution in [0.15, 0.2) is 0 Å². The van der Waals surface area contributed by atoms with Gasteiger partial charge in [-0.3, -0.25) is 0 Å². The van der Waals surface area contributed by atoms with E-state index in [1.807, 2.05) is 0 Å². The van der Waals surface area contributed by atoms with Gasteiger partial charge in [0.2, 0.25) is 0 Å². The van der Waals surface area contributed by atoms with E-state index in [1.165, 1.54) is 0 Å². The van der Waals surface area contributed by atoms with Gasteiger partial charge in [0.25, 0.3) is 0 Å². The molecule has 0 spiro atoms. The van der Waals surface area contributed by atoms with Gasteiger partial charge in [0.1, 0.15) is 10.7 Å². The van der Waals surface area contributed by atoms with Crippen LogP contribution in [-0.4, -0.2) is 23.4 Å². The van der Waals surface area contributed by atoms with Gasteiger partial charge in [-0.2, -0.15) is 0 Å². The molecule has 0 aromatic carbocycles. The van der Waals surface area contributed by atoms with E-state index in [-0.39, 0.29) is 10.2 Å². The number of hydrogen-bond acceptors (Lipinski definition) is 2. The summed E-state index contributed by atoms with van der Waals surface area (Å²) in [5.41, 5.74) is 0. The van der Waals surface area contributed by atoms with Crippen molar-refractivity contribution in [2.75, 3.05) is 13.2 Å². The molecular formula is C8H11IO2. The minimum absolute atomic E-state index is 0.176. The lowest BCUT2D eigenvalue weighted by Gasteiger charge is -2.26. The van der Waals surface area contributed by atoms with E-state index < -0.39 is 0 Å². The first-order valence-electron chi connectivity index (χ1n) is 3.65. The molecule has 0 aliphatic carbocycles. The van der Waals surface area contributed by atoms with Gasteiger partial charge in [0.05, 0.1) is 6.10 Å². The van der Waals surface area contributed by atoms with Gasteiger partial charge in [0.15, 0.2) is 0 Å². The van der Waals surface area contributed by atoms with Crippen molar-refractivity contribution in [2.24, 2.45) is 0 Å². The summed E-state index contributed by atoms with van der Waals surface area (Å²) in [6.45, 7) is 1.25. The normalized spacial score (nSPS) is 31.3. The second-order valence-corrected chi connectivity index (χ2v) is 3.65. The third-order valence-electron chi connectivity index (χ3n) is 1.58. The van der Waals surface area contributed by atoms with Crippen LogP contribution in [-0.2, 0) is 9.47 Å².